The molecule has 3 rings (SSSR count). The molecule has 3 aromatic rings. The smallest absolute Gasteiger partial charge is 0.330 e. The zero-order valence-corrected chi connectivity index (χ0v) is 16.1. The number of ether oxygens (including phenoxy) is 1. The third-order valence-corrected chi connectivity index (χ3v) is 5.05. The summed E-state index contributed by atoms with van der Waals surface area (Å²) < 4.78 is 5.65. The second-order valence-corrected chi connectivity index (χ2v) is 7.06. The molecule has 5 N–H and O–H groups in total. The van der Waals surface area contributed by atoms with E-state index in [1.807, 2.05) is 36.6 Å². The van der Waals surface area contributed by atoms with Crippen LogP contribution >= 0.6 is 11.3 Å². The Hall–Kier alpha value is -3.32. The highest BCUT2D eigenvalue weighted by molar-refractivity contribution is 7.13. The van der Waals surface area contributed by atoms with Crippen molar-refractivity contribution < 1.29 is 14.6 Å². The van der Waals surface area contributed by atoms with Gasteiger partial charge in [-0.15, -0.1) is 11.3 Å². The Morgan fingerprint density at radius 3 is 2.57 bits per heavy atom. The molecule has 0 aliphatic heterocycles. The summed E-state index contributed by atoms with van der Waals surface area (Å²) in [6, 6.07) is 15.3. The molecule has 144 valence electrons. The van der Waals surface area contributed by atoms with Crippen molar-refractivity contribution in [1.29, 1.82) is 5.41 Å². The molecular weight excluding hydrogens is 374 g/mol. The molecular formula is C21H21N3O3S. The first-order chi connectivity index (χ1) is 13.5. The molecule has 0 amide bonds. The minimum Gasteiger partial charge on any atom is -0.494 e. The molecule has 7 heteroatoms. The number of carboxylic acids is 1. The second kappa shape index (κ2) is 8.58. The van der Waals surface area contributed by atoms with Gasteiger partial charge < -0.3 is 20.9 Å². The third kappa shape index (κ3) is 4.50. The average Bonchev–Trinajstić information content (AvgIpc) is 3.21. The van der Waals surface area contributed by atoms with E-state index in [1.54, 1.807) is 41.7 Å². The summed E-state index contributed by atoms with van der Waals surface area (Å²) in [6.07, 6.45) is 0. The van der Waals surface area contributed by atoms with Crippen LogP contribution in [0.5, 0.6) is 5.75 Å². The molecule has 1 aromatic heterocycles. The fraction of sp³-hybridized carbons (Fsp3) is 0.143. The van der Waals surface area contributed by atoms with Crippen LogP contribution < -0.4 is 15.8 Å². The zero-order valence-electron chi connectivity index (χ0n) is 15.3. The van der Waals surface area contributed by atoms with E-state index in [0.29, 0.717) is 29.2 Å². The standard InChI is InChI=1S/C21H21N3O3S/c1-2-27-17-11-14(18-4-3-9-28-18)10-15(12-17)19(21(25)26)24-16-7-5-13(6-8-16)20(22)23/h3-12,19,24H,2H2,1H3,(H3,22,23)(H,25,26). The quantitative estimate of drug-likeness (QED) is 0.335. The van der Waals surface area contributed by atoms with Crippen molar-refractivity contribution in [2.45, 2.75) is 13.0 Å². The number of hydrogen-bond donors (Lipinski definition) is 4. The van der Waals surface area contributed by atoms with Crippen LogP contribution in [-0.2, 0) is 4.79 Å². The van der Waals surface area contributed by atoms with Gasteiger partial charge in [-0.05, 0) is 72.0 Å². The summed E-state index contributed by atoms with van der Waals surface area (Å²) in [5.41, 5.74) is 8.18. The van der Waals surface area contributed by atoms with E-state index in [1.165, 1.54) is 0 Å². The summed E-state index contributed by atoms with van der Waals surface area (Å²) >= 11 is 1.58. The number of thiophene rings is 1. The van der Waals surface area contributed by atoms with Gasteiger partial charge >= 0.3 is 5.97 Å². The maximum absolute atomic E-state index is 12.0. The van der Waals surface area contributed by atoms with Crippen molar-refractivity contribution in [3.05, 3.63) is 71.1 Å². The summed E-state index contributed by atoms with van der Waals surface area (Å²) in [6.45, 7) is 2.38. The molecule has 0 spiro atoms. The van der Waals surface area contributed by atoms with E-state index in [4.69, 9.17) is 15.9 Å². The molecule has 0 saturated heterocycles. The van der Waals surface area contributed by atoms with E-state index in [2.05, 4.69) is 5.32 Å². The molecule has 0 bridgehead atoms. The van der Waals surface area contributed by atoms with Gasteiger partial charge in [-0.2, -0.15) is 0 Å². The number of nitrogen functional groups attached to an aromatic ring is 1. The first-order valence-corrected chi connectivity index (χ1v) is 9.61. The zero-order chi connectivity index (χ0) is 20.1. The Balaban J connectivity index is 1.96. The van der Waals surface area contributed by atoms with Gasteiger partial charge in [0.25, 0.3) is 0 Å². The lowest BCUT2D eigenvalue weighted by Crippen LogP contribution is -2.21. The van der Waals surface area contributed by atoms with E-state index in [-0.39, 0.29) is 5.84 Å². The van der Waals surface area contributed by atoms with Crippen LogP contribution in [0.3, 0.4) is 0 Å². The summed E-state index contributed by atoms with van der Waals surface area (Å²) in [5, 5.41) is 22.3. The predicted molar refractivity (Wildman–Crippen MR) is 112 cm³/mol. The topological polar surface area (TPSA) is 108 Å². The van der Waals surface area contributed by atoms with Crippen molar-refractivity contribution in [3.8, 4) is 16.2 Å². The molecule has 28 heavy (non-hydrogen) atoms. The predicted octanol–water partition coefficient (Wildman–Crippen LogP) is 4.34. The lowest BCUT2D eigenvalue weighted by Gasteiger charge is -2.18. The SMILES string of the molecule is CCOc1cc(-c2cccs2)cc(C(Nc2ccc(C(=N)N)cc2)C(=O)O)c1. The first kappa shape index (κ1) is 19.4. The van der Waals surface area contributed by atoms with Crippen LogP contribution in [0.15, 0.2) is 60.0 Å². The van der Waals surface area contributed by atoms with Crippen LogP contribution in [0.4, 0.5) is 5.69 Å². The van der Waals surface area contributed by atoms with Crippen molar-refractivity contribution >= 4 is 28.8 Å². The van der Waals surface area contributed by atoms with Crippen molar-refractivity contribution in [2.75, 3.05) is 11.9 Å². The number of carbonyl (C=O) groups is 1. The number of anilines is 1. The molecule has 0 aliphatic rings. The number of rotatable bonds is 8. The maximum Gasteiger partial charge on any atom is 0.330 e. The molecule has 0 fully saturated rings. The van der Waals surface area contributed by atoms with Gasteiger partial charge in [-0.25, -0.2) is 4.79 Å². The van der Waals surface area contributed by atoms with Gasteiger partial charge in [0.15, 0.2) is 6.04 Å². The maximum atomic E-state index is 12.0. The number of nitrogens with two attached hydrogens (primary N) is 1. The lowest BCUT2D eigenvalue weighted by molar-refractivity contribution is -0.138. The van der Waals surface area contributed by atoms with Crippen molar-refractivity contribution in [2.24, 2.45) is 5.73 Å². The highest BCUT2D eigenvalue weighted by Crippen LogP contribution is 2.33. The minimum absolute atomic E-state index is 0.0358. The first-order valence-electron chi connectivity index (χ1n) is 8.73. The Labute approximate surface area is 167 Å². The fourth-order valence-electron chi connectivity index (χ4n) is 2.82. The van der Waals surface area contributed by atoms with Crippen LogP contribution in [0.25, 0.3) is 10.4 Å². The average molecular weight is 395 g/mol. The highest BCUT2D eigenvalue weighted by atomic mass is 32.1. The van der Waals surface area contributed by atoms with Crippen LogP contribution in [-0.4, -0.2) is 23.5 Å². The summed E-state index contributed by atoms with van der Waals surface area (Å²) in [4.78, 5) is 13.0. The molecule has 0 saturated carbocycles. The Bertz CT molecular complexity index is 969. The number of hydrogen-bond acceptors (Lipinski definition) is 5. The normalized spacial score (nSPS) is 11.6. The second-order valence-electron chi connectivity index (χ2n) is 6.11. The number of benzene rings is 2. The van der Waals surface area contributed by atoms with Gasteiger partial charge in [-0.3, -0.25) is 5.41 Å². The fourth-order valence-corrected chi connectivity index (χ4v) is 3.54. The van der Waals surface area contributed by atoms with E-state index < -0.39 is 12.0 Å². The van der Waals surface area contributed by atoms with Crippen LogP contribution in [0.2, 0.25) is 0 Å². The number of amidine groups is 1. The lowest BCUT2D eigenvalue weighted by atomic mass is 10.0. The largest absolute Gasteiger partial charge is 0.494 e. The Morgan fingerprint density at radius 2 is 2.00 bits per heavy atom. The van der Waals surface area contributed by atoms with Crippen LogP contribution in [0, 0.1) is 5.41 Å². The highest BCUT2D eigenvalue weighted by Gasteiger charge is 2.22. The van der Waals surface area contributed by atoms with Gasteiger partial charge in [0, 0.05) is 16.1 Å². The van der Waals surface area contributed by atoms with Gasteiger partial charge in [0.2, 0.25) is 0 Å². The number of carboxylic acid groups (broad SMARTS) is 1. The van der Waals surface area contributed by atoms with Gasteiger partial charge in [0.1, 0.15) is 11.6 Å². The molecule has 1 heterocycles. The number of nitrogens with one attached hydrogen (secondary N) is 2. The molecule has 2 aromatic carbocycles. The van der Waals surface area contributed by atoms with Crippen LogP contribution in [0.1, 0.15) is 24.1 Å². The van der Waals surface area contributed by atoms with E-state index in [9.17, 15) is 9.90 Å². The molecule has 0 radical (unpaired) electrons. The minimum atomic E-state index is -0.999. The molecule has 1 unspecified atom stereocenters. The van der Waals surface area contributed by atoms with Crippen molar-refractivity contribution in [1.82, 2.24) is 0 Å². The van der Waals surface area contributed by atoms with Gasteiger partial charge in [-0.1, -0.05) is 6.07 Å². The van der Waals surface area contributed by atoms with Crippen molar-refractivity contribution in [3.63, 3.8) is 0 Å². The molecule has 1 atom stereocenters. The molecule has 6 nitrogen and oxygen atoms in total. The summed E-state index contributed by atoms with van der Waals surface area (Å²) in [5.74, 6) is -0.406. The van der Waals surface area contributed by atoms with Gasteiger partial charge in [0.05, 0.1) is 6.61 Å². The van der Waals surface area contributed by atoms with E-state index >= 15 is 0 Å². The monoisotopic (exact) mass is 395 g/mol. The Kier molecular flexibility index (Phi) is 5.96. The third-order valence-electron chi connectivity index (χ3n) is 4.13. The summed E-state index contributed by atoms with van der Waals surface area (Å²) in [7, 11) is 0. The Morgan fingerprint density at radius 1 is 1.25 bits per heavy atom. The number of aliphatic carboxylic acids is 1. The van der Waals surface area contributed by atoms with E-state index in [0.717, 1.165) is 10.4 Å². The molecule has 0 aliphatic carbocycles.